The van der Waals surface area contributed by atoms with Crippen molar-refractivity contribution in [2.45, 2.75) is 49.7 Å². The van der Waals surface area contributed by atoms with Gasteiger partial charge in [0.2, 0.25) is 0 Å². The van der Waals surface area contributed by atoms with Gasteiger partial charge in [-0.15, -0.1) is 10.2 Å². The number of nitrogens with zero attached hydrogens (tertiary/aromatic N) is 3. The van der Waals surface area contributed by atoms with Crippen LogP contribution < -0.4 is 10.6 Å². The molecule has 1 saturated carbocycles. The zero-order chi connectivity index (χ0) is 19.2. The van der Waals surface area contributed by atoms with E-state index in [1.54, 1.807) is 30.0 Å². The molecule has 1 fully saturated rings. The molecule has 2 N–H and O–H groups in total. The molecule has 1 aromatic heterocycles. The number of amides is 2. The van der Waals surface area contributed by atoms with Crippen molar-refractivity contribution in [3.05, 3.63) is 34.1 Å². The number of rotatable bonds is 7. The number of carbonyl (C=O) groups is 1. The fourth-order valence-corrected chi connectivity index (χ4v) is 4.22. The van der Waals surface area contributed by atoms with E-state index in [2.05, 4.69) is 25.4 Å². The Morgan fingerprint density at radius 1 is 1.26 bits per heavy atom. The summed E-state index contributed by atoms with van der Waals surface area (Å²) in [5, 5.41) is 16.1. The van der Waals surface area contributed by atoms with Crippen LogP contribution in [0.25, 0.3) is 0 Å². The van der Waals surface area contributed by atoms with Crippen LogP contribution in [0, 0.1) is 0 Å². The second kappa shape index (κ2) is 9.66. The summed E-state index contributed by atoms with van der Waals surface area (Å²) in [6, 6.07) is 5.23. The number of nitrogens with one attached hydrogen (secondary N) is 2. The molecule has 0 saturated heterocycles. The van der Waals surface area contributed by atoms with Crippen LogP contribution in [0.1, 0.15) is 44.0 Å². The van der Waals surface area contributed by atoms with Crippen LogP contribution in [0.4, 0.5) is 10.5 Å². The highest BCUT2D eigenvalue weighted by Gasteiger charge is 2.23. The molecule has 0 aliphatic heterocycles. The number of benzene rings is 1. The molecule has 2 amide bonds. The zero-order valence-electron chi connectivity index (χ0n) is 15.2. The molecule has 0 radical (unpaired) electrons. The molecule has 27 heavy (non-hydrogen) atoms. The fourth-order valence-electron chi connectivity index (χ4n) is 3.34. The Kier molecular flexibility index (Phi) is 7.26. The average Bonchev–Trinajstić information content (AvgIpc) is 3.30. The molecule has 3 rings (SSSR count). The molecule has 0 bridgehead atoms. The first-order chi connectivity index (χ1) is 13.1. The molecular weight excluding hydrogens is 405 g/mol. The highest BCUT2D eigenvalue weighted by atomic mass is 35.5. The predicted octanol–water partition coefficient (Wildman–Crippen LogP) is 5.18. The Morgan fingerprint density at radius 3 is 2.74 bits per heavy atom. The van der Waals surface area contributed by atoms with Crippen LogP contribution in [0.5, 0.6) is 0 Å². The second-order valence-corrected chi connectivity index (χ2v) is 8.11. The lowest BCUT2D eigenvalue weighted by molar-refractivity contribution is 0.252. The maximum absolute atomic E-state index is 12.0. The van der Waals surface area contributed by atoms with Crippen molar-refractivity contribution in [2.75, 3.05) is 18.1 Å². The van der Waals surface area contributed by atoms with Crippen LogP contribution in [0.3, 0.4) is 0 Å². The van der Waals surface area contributed by atoms with Crippen LogP contribution in [-0.4, -0.2) is 33.6 Å². The molecule has 9 heteroatoms. The summed E-state index contributed by atoms with van der Waals surface area (Å²) >= 11 is 13.5. The molecule has 1 heterocycles. The lowest BCUT2D eigenvalue weighted by atomic mass is 10.2. The Balaban J connectivity index is 1.48. The Hall–Kier alpha value is -1.44. The van der Waals surface area contributed by atoms with Crippen molar-refractivity contribution in [1.82, 2.24) is 20.1 Å². The summed E-state index contributed by atoms with van der Waals surface area (Å²) in [6.45, 7) is 0.555. The maximum Gasteiger partial charge on any atom is 0.319 e. The van der Waals surface area contributed by atoms with Gasteiger partial charge in [-0.3, -0.25) is 0 Å². The van der Waals surface area contributed by atoms with Gasteiger partial charge in [0, 0.05) is 24.7 Å². The largest absolute Gasteiger partial charge is 0.338 e. The number of aromatic nitrogens is 3. The van der Waals surface area contributed by atoms with E-state index >= 15 is 0 Å². The average molecular weight is 428 g/mol. The molecule has 1 aliphatic carbocycles. The van der Waals surface area contributed by atoms with Crippen molar-refractivity contribution < 1.29 is 4.79 Å². The van der Waals surface area contributed by atoms with Crippen LogP contribution in [-0.2, 0) is 6.42 Å². The van der Waals surface area contributed by atoms with Gasteiger partial charge in [0.15, 0.2) is 5.16 Å². The molecule has 146 valence electrons. The van der Waals surface area contributed by atoms with Crippen molar-refractivity contribution in [1.29, 1.82) is 0 Å². The van der Waals surface area contributed by atoms with Gasteiger partial charge < -0.3 is 15.2 Å². The lowest BCUT2D eigenvalue weighted by Crippen LogP contribution is -2.29. The number of thioether (sulfide) groups is 1. The molecule has 0 unspecified atom stereocenters. The number of hydrogen-bond donors (Lipinski definition) is 2. The first-order valence-electron chi connectivity index (χ1n) is 9.06. The topological polar surface area (TPSA) is 71.8 Å². The Bertz CT molecular complexity index is 792. The highest BCUT2D eigenvalue weighted by molar-refractivity contribution is 7.98. The summed E-state index contributed by atoms with van der Waals surface area (Å²) in [5.74, 6) is 1.01. The van der Waals surface area contributed by atoms with Gasteiger partial charge in [0.05, 0.1) is 10.0 Å². The predicted molar refractivity (Wildman–Crippen MR) is 111 cm³/mol. The van der Waals surface area contributed by atoms with Gasteiger partial charge in [-0.25, -0.2) is 4.79 Å². The lowest BCUT2D eigenvalue weighted by Gasteiger charge is -2.16. The van der Waals surface area contributed by atoms with Crippen molar-refractivity contribution in [2.24, 2.45) is 0 Å². The third kappa shape index (κ3) is 5.30. The number of anilines is 1. The minimum atomic E-state index is -0.268. The first kappa shape index (κ1) is 20.3. The molecule has 6 nitrogen and oxygen atoms in total. The van der Waals surface area contributed by atoms with E-state index in [1.807, 2.05) is 6.26 Å². The first-order valence-corrected chi connectivity index (χ1v) is 11.0. The molecular formula is C18H23Cl2N5OS. The summed E-state index contributed by atoms with van der Waals surface area (Å²) in [7, 11) is 0. The number of aryl methyl sites for hydroxylation is 1. The quantitative estimate of drug-likeness (QED) is 0.471. The third-order valence-corrected chi connectivity index (χ3v) is 6.03. The van der Waals surface area contributed by atoms with E-state index < -0.39 is 0 Å². The van der Waals surface area contributed by atoms with E-state index in [-0.39, 0.29) is 6.03 Å². The molecule has 0 spiro atoms. The third-order valence-electron chi connectivity index (χ3n) is 4.65. The van der Waals surface area contributed by atoms with Crippen LogP contribution in [0.15, 0.2) is 23.4 Å². The van der Waals surface area contributed by atoms with Gasteiger partial charge in [0.1, 0.15) is 5.82 Å². The summed E-state index contributed by atoms with van der Waals surface area (Å²) in [4.78, 5) is 12.0. The second-order valence-electron chi connectivity index (χ2n) is 6.52. The molecule has 0 atom stereocenters. The zero-order valence-corrected chi connectivity index (χ0v) is 17.5. The van der Waals surface area contributed by atoms with E-state index in [0.29, 0.717) is 28.3 Å². The van der Waals surface area contributed by atoms with Crippen LogP contribution >= 0.6 is 35.0 Å². The van der Waals surface area contributed by atoms with Crippen molar-refractivity contribution >= 4 is 46.7 Å². The SMILES string of the molecule is CSc1nnc(CCCNC(=O)Nc2ccc(Cl)c(Cl)c2)n1C1CCCC1. The monoisotopic (exact) mass is 427 g/mol. The fraction of sp³-hybridized carbons (Fsp3) is 0.500. The number of halogens is 2. The Morgan fingerprint density at radius 2 is 2.04 bits per heavy atom. The highest BCUT2D eigenvalue weighted by Crippen LogP contribution is 2.33. The van der Waals surface area contributed by atoms with E-state index in [4.69, 9.17) is 23.2 Å². The standard InChI is InChI=1S/C18H23Cl2N5OS/c1-27-18-24-23-16(25(18)13-5-2-3-6-13)7-4-10-21-17(26)22-12-8-9-14(19)15(20)11-12/h8-9,11,13H,2-7,10H2,1H3,(H2,21,22,26). The Labute approximate surface area is 173 Å². The summed E-state index contributed by atoms with van der Waals surface area (Å²) < 4.78 is 2.30. The van der Waals surface area contributed by atoms with Gasteiger partial charge in [-0.1, -0.05) is 47.8 Å². The van der Waals surface area contributed by atoms with Crippen molar-refractivity contribution in [3.63, 3.8) is 0 Å². The smallest absolute Gasteiger partial charge is 0.319 e. The van der Waals surface area contributed by atoms with E-state index in [0.717, 1.165) is 23.8 Å². The van der Waals surface area contributed by atoms with Gasteiger partial charge >= 0.3 is 6.03 Å². The van der Waals surface area contributed by atoms with Gasteiger partial charge in [-0.2, -0.15) is 0 Å². The van der Waals surface area contributed by atoms with E-state index in [9.17, 15) is 4.79 Å². The van der Waals surface area contributed by atoms with Crippen LogP contribution in [0.2, 0.25) is 10.0 Å². The van der Waals surface area contributed by atoms with Crippen molar-refractivity contribution in [3.8, 4) is 0 Å². The molecule has 1 aromatic carbocycles. The molecule has 1 aliphatic rings. The number of carbonyl (C=O) groups excluding carboxylic acids is 1. The minimum Gasteiger partial charge on any atom is -0.338 e. The van der Waals surface area contributed by atoms with Gasteiger partial charge in [0.25, 0.3) is 0 Å². The number of urea groups is 1. The number of hydrogen-bond acceptors (Lipinski definition) is 4. The normalized spacial score (nSPS) is 14.5. The minimum absolute atomic E-state index is 0.268. The molecule has 2 aromatic rings. The van der Waals surface area contributed by atoms with Gasteiger partial charge in [-0.05, 0) is 43.7 Å². The van der Waals surface area contributed by atoms with E-state index in [1.165, 1.54) is 25.7 Å². The summed E-state index contributed by atoms with van der Waals surface area (Å²) in [6.07, 6.45) is 8.56. The summed E-state index contributed by atoms with van der Waals surface area (Å²) in [5.41, 5.74) is 0.604. The maximum atomic E-state index is 12.0.